The van der Waals surface area contributed by atoms with Crippen molar-refractivity contribution in [3.63, 3.8) is 0 Å². The van der Waals surface area contributed by atoms with E-state index in [4.69, 9.17) is 0 Å². The Kier molecular flexibility index (Phi) is 5.40. The van der Waals surface area contributed by atoms with E-state index in [0.29, 0.717) is 0 Å². The molecular formula is C40H26N2S. The zero-order valence-corrected chi connectivity index (χ0v) is 24.1. The van der Waals surface area contributed by atoms with Crippen molar-refractivity contribution in [2.45, 2.75) is 0 Å². The number of aromatic nitrogens is 1. The molecule has 9 rings (SSSR count). The maximum absolute atomic E-state index is 2.44. The number of para-hydroxylation sites is 2. The van der Waals surface area contributed by atoms with Crippen molar-refractivity contribution in [1.29, 1.82) is 0 Å². The number of benzene rings is 7. The van der Waals surface area contributed by atoms with Gasteiger partial charge in [0.25, 0.3) is 0 Å². The topological polar surface area (TPSA) is 8.17 Å². The van der Waals surface area contributed by atoms with Gasteiger partial charge in [0.15, 0.2) is 0 Å². The lowest BCUT2D eigenvalue weighted by molar-refractivity contribution is 1.18. The van der Waals surface area contributed by atoms with Crippen LogP contribution in [0.1, 0.15) is 0 Å². The molecule has 0 radical (unpaired) electrons. The predicted octanol–water partition coefficient (Wildman–Crippen LogP) is 11.8. The van der Waals surface area contributed by atoms with E-state index in [9.17, 15) is 0 Å². The van der Waals surface area contributed by atoms with Crippen molar-refractivity contribution in [1.82, 2.24) is 4.57 Å². The van der Waals surface area contributed by atoms with Crippen LogP contribution in [0.15, 0.2) is 158 Å². The third kappa shape index (κ3) is 3.79. The van der Waals surface area contributed by atoms with Crippen molar-refractivity contribution in [3.05, 3.63) is 158 Å². The first-order valence-corrected chi connectivity index (χ1v) is 15.4. The van der Waals surface area contributed by atoms with Crippen LogP contribution in [-0.4, -0.2) is 4.57 Å². The second-order valence-electron chi connectivity index (χ2n) is 11.0. The highest BCUT2D eigenvalue weighted by Gasteiger charge is 2.19. The molecule has 2 nitrogen and oxygen atoms in total. The molecule has 0 N–H and O–H groups in total. The highest BCUT2D eigenvalue weighted by molar-refractivity contribution is 7.25. The molecule has 202 valence electrons. The summed E-state index contributed by atoms with van der Waals surface area (Å²) in [6.45, 7) is 0. The zero-order chi connectivity index (χ0) is 28.3. The Hall–Kier alpha value is -5.38. The van der Waals surface area contributed by atoms with Crippen molar-refractivity contribution in [3.8, 4) is 5.69 Å². The molecule has 0 unspecified atom stereocenters. The number of nitrogens with zero attached hydrogens (tertiary/aromatic N) is 2. The van der Waals surface area contributed by atoms with E-state index < -0.39 is 0 Å². The molecule has 0 fully saturated rings. The Morgan fingerprint density at radius 3 is 2.02 bits per heavy atom. The number of anilines is 3. The number of thiophene rings is 1. The van der Waals surface area contributed by atoms with Crippen LogP contribution >= 0.6 is 11.3 Å². The number of rotatable bonds is 4. The van der Waals surface area contributed by atoms with Gasteiger partial charge < -0.3 is 9.47 Å². The van der Waals surface area contributed by atoms with Crippen LogP contribution in [0.4, 0.5) is 17.1 Å². The Balaban J connectivity index is 1.33. The Morgan fingerprint density at radius 1 is 0.419 bits per heavy atom. The molecular weight excluding hydrogens is 541 g/mol. The fraction of sp³-hybridized carbons (Fsp3) is 0. The number of hydrogen-bond acceptors (Lipinski definition) is 2. The molecule has 0 saturated heterocycles. The van der Waals surface area contributed by atoms with Crippen LogP contribution in [0.3, 0.4) is 0 Å². The minimum Gasteiger partial charge on any atom is -0.310 e. The van der Waals surface area contributed by atoms with Gasteiger partial charge in [-0.3, -0.25) is 0 Å². The summed E-state index contributed by atoms with van der Waals surface area (Å²) in [5, 5.41) is 7.59. The van der Waals surface area contributed by atoms with Gasteiger partial charge in [0.2, 0.25) is 0 Å². The molecule has 0 spiro atoms. The molecule has 3 heteroatoms. The maximum Gasteiger partial charge on any atom is 0.0561 e. The van der Waals surface area contributed by atoms with Crippen LogP contribution in [0, 0.1) is 0 Å². The van der Waals surface area contributed by atoms with Crippen LogP contribution in [0.5, 0.6) is 0 Å². The van der Waals surface area contributed by atoms with Crippen molar-refractivity contribution in [2.75, 3.05) is 4.90 Å². The summed E-state index contributed by atoms with van der Waals surface area (Å²) in [6, 6.07) is 57.2. The Labute approximate surface area is 253 Å². The van der Waals surface area contributed by atoms with E-state index in [-0.39, 0.29) is 0 Å². The van der Waals surface area contributed by atoms with Crippen LogP contribution in [-0.2, 0) is 0 Å². The van der Waals surface area contributed by atoms with E-state index in [1.54, 1.807) is 0 Å². The van der Waals surface area contributed by atoms with Gasteiger partial charge >= 0.3 is 0 Å². The summed E-state index contributed by atoms with van der Waals surface area (Å²) < 4.78 is 5.08. The van der Waals surface area contributed by atoms with Gasteiger partial charge in [0, 0.05) is 53.4 Å². The van der Waals surface area contributed by atoms with Gasteiger partial charge in [-0.15, -0.1) is 11.3 Å². The van der Waals surface area contributed by atoms with E-state index in [1.807, 2.05) is 11.3 Å². The van der Waals surface area contributed by atoms with Gasteiger partial charge in [-0.2, -0.15) is 0 Å². The van der Waals surface area contributed by atoms with E-state index >= 15 is 0 Å². The molecule has 2 aromatic heterocycles. The standard InChI is InChI=1S/C40H26N2S/c1-2-13-28(14-3-1)41(36-19-10-12-27-11-4-5-15-31(27)36)30-21-23-33-32-16-6-8-18-37(32)42(38(33)26-30)29-22-24-40-35(25-29)34-17-7-9-20-39(34)43-40/h1-26H. The SMILES string of the molecule is c1ccc(N(c2ccc3c4ccccc4n(-c4ccc5sc6ccccc6c5c4)c3c2)c2cccc3ccccc23)cc1. The first-order chi connectivity index (χ1) is 21.3. The molecule has 0 saturated carbocycles. The fourth-order valence-electron chi connectivity index (χ4n) is 6.64. The molecule has 7 aromatic carbocycles. The quantitative estimate of drug-likeness (QED) is 0.206. The van der Waals surface area contributed by atoms with Crippen LogP contribution < -0.4 is 4.90 Å². The lowest BCUT2D eigenvalue weighted by Gasteiger charge is -2.27. The normalized spacial score (nSPS) is 11.7. The molecule has 0 aliphatic heterocycles. The lowest BCUT2D eigenvalue weighted by Crippen LogP contribution is -2.10. The summed E-state index contributed by atoms with van der Waals surface area (Å²) in [5.74, 6) is 0. The van der Waals surface area contributed by atoms with Crippen molar-refractivity contribution in [2.24, 2.45) is 0 Å². The molecule has 43 heavy (non-hydrogen) atoms. The average molecular weight is 567 g/mol. The van der Waals surface area contributed by atoms with E-state index in [2.05, 4.69) is 167 Å². The summed E-state index contributed by atoms with van der Waals surface area (Å²) in [6.07, 6.45) is 0. The molecule has 2 heterocycles. The van der Waals surface area contributed by atoms with Gasteiger partial charge in [-0.25, -0.2) is 0 Å². The van der Waals surface area contributed by atoms with Crippen molar-refractivity contribution < 1.29 is 0 Å². The van der Waals surface area contributed by atoms with Crippen molar-refractivity contribution >= 4 is 81.1 Å². The molecule has 9 aromatic rings. The summed E-state index contributed by atoms with van der Waals surface area (Å²) in [7, 11) is 0. The third-order valence-corrected chi connectivity index (χ3v) is 9.71. The van der Waals surface area contributed by atoms with Crippen LogP contribution in [0.2, 0.25) is 0 Å². The molecule has 0 aliphatic rings. The molecule has 0 aliphatic carbocycles. The largest absolute Gasteiger partial charge is 0.310 e. The molecule has 0 bridgehead atoms. The first kappa shape index (κ1) is 24.2. The highest BCUT2D eigenvalue weighted by atomic mass is 32.1. The number of fused-ring (bicyclic) bond motifs is 7. The smallest absolute Gasteiger partial charge is 0.0561 e. The molecule has 0 atom stereocenters. The summed E-state index contributed by atoms with van der Waals surface area (Å²) in [5.41, 5.74) is 7.00. The Morgan fingerprint density at radius 2 is 1.12 bits per heavy atom. The van der Waals surface area contributed by atoms with Gasteiger partial charge in [0.05, 0.1) is 16.7 Å². The summed E-state index contributed by atoms with van der Waals surface area (Å²) in [4.78, 5) is 2.39. The Bertz CT molecular complexity index is 2460. The second kappa shape index (κ2) is 9.59. The number of hydrogen-bond donors (Lipinski definition) is 0. The minimum absolute atomic E-state index is 1.13. The molecule has 0 amide bonds. The third-order valence-electron chi connectivity index (χ3n) is 8.56. The maximum atomic E-state index is 2.44. The average Bonchev–Trinajstić information content (AvgIpc) is 3.60. The first-order valence-electron chi connectivity index (χ1n) is 14.6. The van der Waals surface area contributed by atoms with E-state index in [0.717, 1.165) is 17.1 Å². The van der Waals surface area contributed by atoms with E-state index in [1.165, 1.54) is 58.4 Å². The fourth-order valence-corrected chi connectivity index (χ4v) is 7.72. The second-order valence-corrected chi connectivity index (χ2v) is 12.1. The highest BCUT2D eigenvalue weighted by Crippen LogP contribution is 2.42. The van der Waals surface area contributed by atoms with Gasteiger partial charge in [-0.1, -0.05) is 97.1 Å². The van der Waals surface area contributed by atoms with Gasteiger partial charge in [0.1, 0.15) is 0 Å². The minimum atomic E-state index is 1.13. The zero-order valence-electron chi connectivity index (χ0n) is 23.3. The predicted molar refractivity (Wildman–Crippen MR) is 186 cm³/mol. The van der Waals surface area contributed by atoms with Gasteiger partial charge in [-0.05, 0) is 66.0 Å². The van der Waals surface area contributed by atoms with Crippen LogP contribution in [0.25, 0.3) is 58.4 Å². The lowest BCUT2D eigenvalue weighted by atomic mass is 10.1. The summed E-state index contributed by atoms with van der Waals surface area (Å²) >= 11 is 1.86. The monoisotopic (exact) mass is 566 g/mol.